The Bertz CT molecular complexity index is 2350. The minimum atomic E-state index is 0.0781. The van der Waals surface area contributed by atoms with Gasteiger partial charge in [-0.15, -0.1) is 68.0 Å². The number of hydrogen-bond acceptors (Lipinski definition) is 10. The lowest BCUT2D eigenvalue weighted by molar-refractivity contribution is 0.356. The number of rotatable bonds is 4. The highest BCUT2D eigenvalue weighted by atomic mass is 32.1. The summed E-state index contributed by atoms with van der Waals surface area (Å²) in [5.74, 6) is 0. The number of fused-ring (bicyclic) bond motifs is 9. The summed E-state index contributed by atoms with van der Waals surface area (Å²) in [6.07, 6.45) is 9.51. The van der Waals surface area contributed by atoms with Crippen LogP contribution in [0.5, 0.6) is 0 Å². The molecule has 0 atom stereocenters. The molecule has 1 spiro atoms. The third-order valence-corrected chi connectivity index (χ3v) is 16.1. The van der Waals surface area contributed by atoms with Gasteiger partial charge in [-0.2, -0.15) is 21.0 Å². The first kappa shape index (κ1) is 27.7. The quantitative estimate of drug-likeness (QED) is 0.174. The molecule has 0 aliphatic heterocycles. The van der Waals surface area contributed by atoms with Crippen LogP contribution < -0.4 is 0 Å². The smallest absolute Gasteiger partial charge is 0.131 e. The first-order valence-electron chi connectivity index (χ1n) is 13.9. The minimum absolute atomic E-state index is 0.0781. The van der Waals surface area contributed by atoms with Gasteiger partial charge in [0.2, 0.25) is 0 Å². The SMILES string of the molecule is N#CC(C#N)=Cc1ccc(-c2cc3c(s2)-c2sc4c(sc5cc(-c6ccc(C=C(C#N)C#N)s6)sc54)c2C32CCCCC2)s1. The Labute approximate surface area is 277 Å². The molecule has 4 nitrogen and oxygen atoms in total. The zero-order valence-electron chi connectivity index (χ0n) is 22.9. The van der Waals surface area contributed by atoms with Crippen molar-refractivity contribution in [1.82, 2.24) is 0 Å². The fraction of sp³-hybridized carbons (Fsp3) is 0.176. The number of allylic oxidation sites excluding steroid dienone is 2. The van der Waals surface area contributed by atoms with Gasteiger partial charge < -0.3 is 0 Å². The topological polar surface area (TPSA) is 95.2 Å². The minimum Gasteiger partial charge on any atom is -0.192 e. The molecule has 2 aliphatic rings. The van der Waals surface area contributed by atoms with E-state index in [9.17, 15) is 10.5 Å². The van der Waals surface area contributed by atoms with Crippen molar-refractivity contribution in [2.24, 2.45) is 0 Å². The summed E-state index contributed by atoms with van der Waals surface area (Å²) in [6, 6.07) is 20.8. The molecule has 6 heterocycles. The monoisotopic (exact) mass is 674 g/mol. The third kappa shape index (κ3) is 4.19. The third-order valence-electron chi connectivity index (χ3n) is 8.41. The zero-order chi connectivity index (χ0) is 30.0. The molecule has 1 fully saturated rings. The molecule has 0 radical (unpaired) electrons. The Morgan fingerprint density at radius 1 is 0.591 bits per heavy atom. The van der Waals surface area contributed by atoms with Gasteiger partial charge in [-0.25, -0.2) is 0 Å². The van der Waals surface area contributed by atoms with Crippen molar-refractivity contribution in [3.8, 4) is 53.5 Å². The lowest BCUT2D eigenvalue weighted by Gasteiger charge is -2.35. The van der Waals surface area contributed by atoms with Crippen molar-refractivity contribution in [2.75, 3.05) is 0 Å². The van der Waals surface area contributed by atoms with Gasteiger partial charge in [0.15, 0.2) is 0 Å². The van der Waals surface area contributed by atoms with Gasteiger partial charge in [0.1, 0.15) is 35.4 Å². The lowest BCUT2D eigenvalue weighted by Crippen LogP contribution is -2.27. The largest absolute Gasteiger partial charge is 0.192 e. The van der Waals surface area contributed by atoms with E-state index in [1.165, 1.54) is 80.9 Å². The Kier molecular flexibility index (Phi) is 6.70. The van der Waals surface area contributed by atoms with Crippen LogP contribution in [0.1, 0.15) is 53.0 Å². The Hall–Kier alpha value is -3.84. The lowest BCUT2D eigenvalue weighted by atomic mass is 9.68. The highest BCUT2D eigenvalue weighted by Crippen LogP contribution is 2.65. The standard InChI is InChI=1S/C34H18N4S6/c35-14-18(15-36)10-20-4-6-23(39-20)25-12-22-29(41-25)31-28(34(22)8-2-1-3-9-34)32-33(44-31)30-27(43-32)13-26(42-30)24-7-5-21(40-24)11-19(16-37)17-38/h4-7,10-13H,1-3,8-9H2. The van der Waals surface area contributed by atoms with E-state index in [1.54, 1.807) is 40.4 Å². The molecule has 10 heteroatoms. The molecular formula is C34H18N4S6. The van der Waals surface area contributed by atoms with Gasteiger partial charge in [0.05, 0.1) is 19.0 Å². The molecule has 2 aliphatic carbocycles. The molecule has 8 rings (SSSR count). The number of nitriles is 4. The van der Waals surface area contributed by atoms with Crippen LogP contribution in [0.2, 0.25) is 0 Å². The summed E-state index contributed by atoms with van der Waals surface area (Å²) in [6.45, 7) is 0. The maximum Gasteiger partial charge on any atom is 0.131 e. The summed E-state index contributed by atoms with van der Waals surface area (Å²) in [4.78, 5) is 9.56. The average molecular weight is 675 g/mol. The molecule has 210 valence electrons. The predicted octanol–water partition coefficient (Wildman–Crippen LogP) is 11.8. The van der Waals surface area contributed by atoms with Crippen LogP contribution in [0, 0.1) is 45.3 Å². The van der Waals surface area contributed by atoms with Gasteiger partial charge in [0, 0.05) is 49.8 Å². The van der Waals surface area contributed by atoms with Crippen LogP contribution in [0.3, 0.4) is 0 Å². The molecule has 0 N–H and O–H groups in total. The van der Waals surface area contributed by atoms with E-state index in [1.807, 2.05) is 81.8 Å². The molecule has 0 saturated heterocycles. The van der Waals surface area contributed by atoms with Crippen LogP contribution >= 0.6 is 68.0 Å². The highest BCUT2D eigenvalue weighted by molar-refractivity contribution is 7.41. The second kappa shape index (κ2) is 10.7. The van der Waals surface area contributed by atoms with Crippen molar-refractivity contribution in [3.05, 3.63) is 68.4 Å². The molecule has 6 aromatic rings. The highest BCUT2D eigenvalue weighted by Gasteiger charge is 2.48. The normalized spacial score (nSPS) is 14.5. The Morgan fingerprint density at radius 3 is 1.82 bits per heavy atom. The van der Waals surface area contributed by atoms with Gasteiger partial charge in [0.25, 0.3) is 0 Å². The molecule has 0 aromatic carbocycles. The van der Waals surface area contributed by atoms with E-state index < -0.39 is 0 Å². The Morgan fingerprint density at radius 2 is 1.20 bits per heavy atom. The van der Waals surface area contributed by atoms with E-state index in [0.717, 1.165) is 14.6 Å². The summed E-state index contributed by atoms with van der Waals surface area (Å²) in [5.41, 5.74) is 3.41. The van der Waals surface area contributed by atoms with Gasteiger partial charge in [-0.05, 0) is 67.0 Å². The first-order valence-corrected chi connectivity index (χ1v) is 18.8. The molecule has 0 amide bonds. The fourth-order valence-corrected chi connectivity index (χ4v) is 14.5. The van der Waals surface area contributed by atoms with E-state index in [2.05, 4.69) is 24.3 Å². The van der Waals surface area contributed by atoms with Crippen molar-refractivity contribution in [1.29, 1.82) is 21.0 Å². The zero-order valence-corrected chi connectivity index (χ0v) is 27.8. The van der Waals surface area contributed by atoms with Crippen molar-refractivity contribution < 1.29 is 0 Å². The average Bonchev–Trinajstić information content (AvgIpc) is 3.88. The summed E-state index contributed by atoms with van der Waals surface area (Å²) in [7, 11) is 0. The fourth-order valence-electron chi connectivity index (χ4n) is 6.53. The van der Waals surface area contributed by atoms with Crippen LogP contribution in [0.15, 0.2) is 47.5 Å². The second-order valence-corrected chi connectivity index (χ2v) is 17.2. The second-order valence-electron chi connectivity index (χ2n) is 10.8. The summed E-state index contributed by atoms with van der Waals surface area (Å²) < 4.78 is 5.58. The predicted molar refractivity (Wildman–Crippen MR) is 187 cm³/mol. The Balaban J connectivity index is 1.22. The molecule has 1 saturated carbocycles. The maximum atomic E-state index is 9.19. The number of nitrogens with zero attached hydrogens (tertiary/aromatic N) is 4. The maximum absolute atomic E-state index is 9.19. The van der Waals surface area contributed by atoms with Gasteiger partial charge in [-0.3, -0.25) is 0 Å². The molecule has 0 bridgehead atoms. The molecule has 6 aromatic heterocycles. The van der Waals surface area contributed by atoms with Crippen molar-refractivity contribution >= 4 is 99.0 Å². The molecule has 0 unspecified atom stereocenters. The number of thiophene rings is 6. The number of hydrogen-bond donors (Lipinski definition) is 0. The van der Waals surface area contributed by atoms with Crippen LogP contribution in [0.4, 0.5) is 0 Å². The molecular weight excluding hydrogens is 657 g/mol. The van der Waals surface area contributed by atoms with Crippen molar-refractivity contribution in [3.63, 3.8) is 0 Å². The van der Waals surface area contributed by atoms with Crippen LogP contribution in [-0.4, -0.2) is 0 Å². The summed E-state index contributed by atoms with van der Waals surface area (Å²) >= 11 is 10.9. The van der Waals surface area contributed by atoms with Crippen LogP contribution in [-0.2, 0) is 5.41 Å². The van der Waals surface area contributed by atoms with E-state index in [4.69, 9.17) is 10.5 Å². The first-order chi connectivity index (χ1) is 21.5. The van der Waals surface area contributed by atoms with E-state index in [-0.39, 0.29) is 16.6 Å². The van der Waals surface area contributed by atoms with E-state index >= 15 is 0 Å². The van der Waals surface area contributed by atoms with Crippen molar-refractivity contribution in [2.45, 2.75) is 37.5 Å². The molecule has 44 heavy (non-hydrogen) atoms. The van der Waals surface area contributed by atoms with Gasteiger partial charge >= 0.3 is 0 Å². The van der Waals surface area contributed by atoms with Crippen LogP contribution in [0.25, 0.3) is 60.2 Å². The van der Waals surface area contributed by atoms with Gasteiger partial charge in [-0.1, -0.05) is 19.3 Å². The summed E-state index contributed by atoms with van der Waals surface area (Å²) in [5, 5.41) is 36.6. The van der Waals surface area contributed by atoms with E-state index in [0.29, 0.717) is 0 Å².